The maximum Gasteiger partial charge on any atom is 0.237 e. The molecule has 0 aromatic heterocycles. The molecule has 23 heavy (non-hydrogen) atoms. The topological polar surface area (TPSA) is 81.7 Å². The lowest BCUT2D eigenvalue weighted by Gasteiger charge is -2.34. The van der Waals surface area contributed by atoms with Crippen LogP contribution in [-0.2, 0) is 16.1 Å². The van der Waals surface area contributed by atoms with E-state index in [-0.39, 0.29) is 36.4 Å². The molecule has 2 rings (SSSR count). The molecule has 1 heterocycles. The highest BCUT2D eigenvalue weighted by Crippen LogP contribution is 2.19. The van der Waals surface area contributed by atoms with Crippen LogP contribution in [0.15, 0.2) is 18.2 Å². The zero-order valence-electron chi connectivity index (χ0n) is 12.5. The van der Waals surface area contributed by atoms with E-state index in [4.69, 9.17) is 16.7 Å². The van der Waals surface area contributed by atoms with Crippen LogP contribution in [0.5, 0.6) is 0 Å². The van der Waals surface area contributed by atoms with Crippen molar-refractivity contribution in [2.75, 3.05) is 26.2 Å². The summed E-state index contributed by atoms with van der Waals surface area (Å²) < 4.78 is 13.5. The van der Waals surface area contributed by atoms with Gasteiger partial charge in [0.1, 0.15) is 5.82 Å². The minimum Gasteiger partial charge on any atom is -0.395 e. The second-order valence-corrected chi connectivity index (χ2v) is 5.71. The first-order valence-corrected chi connectivity index (χ1v) is 7.72. The summed E-state index contributed by atoms with van der Waals surface area (Å²) in [5.41, 5.74) is 0.683. The molecule has 0 aliphatic carbocycles. The maximum atomic E-state index is 13.5. The second-order valence-electron chi connectivity index (χ2n) is 5.30. The molecule has 0 radical (unpaired) electrons. The van der Waals surface area contributed by atoms with Gasteiger partial charge < -0.3 is 15.7 Å². The SMILES string of the molecule is O=C(C[C@@H]1C(=O)NCCN1Cc1ccc(Cl)c(F)c1)NCCO. The normalized spacial score (nSPS) is 18.6. The van der Waals surface area contributed by atoms with E-state index in [1.807, 2.05) is 4.90 Å². The molecule has 1 saturated heterocycles. The molecular weight excluding hydrogens is 325 g/mol. The summed E-state index contributed by atoms with van der Waals surface area (Å²) in [7, 11) is 0. The minimum atomic E-state index is -0.624. The Morgan fingerprint density at radius 2 is 2.30 bits per heavy atom. The van der Waals surface area contributed by atoms with E-state index in [0.717, 1.165) is 0 Å². The number of nitrogens with zero attached hydrogens (tertiary/aromatic N) is 1. The van der Waals surface area contributed by atoms with Gasteiger partial charge in [0.25, 0.3) is 0 Å². The van der Waals surface area contributed by atoms with Crippen LogP contribution in [0.2, 0.25) is 5.02 Å². The lowest BCUT2D eigenvalue weighted by Crippen LogP contribution is -2.56. The van der Waals surface area contributed by atoms with E-state index in [0.29, 0.717) is 25.2 Å². The molecule has 0 saturated carbocycles. The molecule has 0 unspecified atom stereocenters. The summed E-state index contributed by atoms with van der Waals surface area (Å²) in [6.07, 6.45) is -0.0120. The lowest BCUT2D eigenvalue weighted by atomic mass is 10.1. The van der Waals surface area contributed by atoms with E-state index in [1.165, 1.54) is 12.1 Å². The maximum absolute atomic E-state index is 13.5. The molecule has 1 aromatic carbocycles. The first-order chi connectivity index (χ1) is 11.0. The van der Waals surface area contributed by atoms with Crippen molar-refractivity contribution >= 4 is 23.4 Å². The Morgan fingerprint density at radius 3 is 3.00 bits per heavy atom. The Balaban J connectivity index is 2.05. The van der Waals surface area contributed by atoms with E-state index in [9.17, 15) is 14.0 Å². The van der Waals surface area contributed by atoms with Gasteiger partial charge in [-0.25, -0.2) is 4.39 Å². The van der Waals surface area contributed by atoms with Crippen molar-refractivity contribution in [3.63, 3.8) is 0 Å². The fourth-order valence-electron chi connectivity index (χ4n) is 2.49. The standard InChI is InChI=1S/C15H19ClFN3O3/c16-11-2-1-10(7-12(11)17)9-20-5-3-19-15(23)13(20)8-14(22)18-4-6-21/h1-2,7,13,21H,3-6,8-9H2,(H,18,22)(H,19,23)/t13-/m1/s1. The van der Waals surface area contributed by atoms with E-state index in [1.54, 1.807) is 6.07 Å². The molecule has 2 amide bonds. The summed E-state index contributed by atoms with van der Waals surface area (Å²) in [6, 6.07) is 3.87. The number of halogens is 2. The predicted molar refractivity (Wildman–Crippen MR) is 83.3 cm³/mol. The highest BCUT2D eigenvalue weighted by molar-refractivity contribution is 6.30. The van der Waals surface area contributed by atoms with Crippen LogP contribution < -0.4 is 10.6 Å². The van der Waals surface area contributed by atoms with Gasteiger partial charge in [0.05, 0.1) is 24.1 Å². The molecule has 0 bridgehead atoms. The van der Waals surface area contributed by atoms with Crippen LogP contribution in [0, 0.1) is 5.82 Å². The van der Waals surface area contributed by atoms with Crippen molar-refractivity contribution in [1.82, 2.24) is 15.5 Å². The molecular formula is C15H19ClFN3O3. The number of carbonyl (C=O) groups excluding carboxylic acids is 2. The molecule has 6 nitrogen and oxygen atoms in total. The minimum absolute atomic E-state index is 0.0120. The second kappa shape index (κ2) is 8.24. The van der Waals surface area contributed by atoms with Gasteiger partial charge in [0.15, 0.2) is 0 Å². The first-order valence-electron chi connectivity index (χ1n) is 7.34. The quantitative estimate of drug-likeness (QED) is 0.693. The smallest absolute Gasteiger partial charge is 0.237 e. The number of aliphatic hydroxyl groups excluding tert-OH is 1. The van der Waals surface area contributed by atoms with Crippen molar-refractivity contribution in [2.45, 2.75) is 19.0 Å². The number of aliphatic hydroxyl groups is 1. The molecule has 1 aliphatic rings. The summed E-state index contributed by atoms with van der Waals surface area (Å²) in [5.74, 6) is -1.05. The summed E-state index contributed by atoms with van der Waals surface area (Å²) in [4.78, 5) is 25.7. The summed E-state index contributed by atoms with van der Waals surface area (Å²) in [6.45, 7) is 1.38. The molecule has 126 valence electrons. The Hall–Kier alpha value is -1.70. The first kappa shape index (κ1) is 17.7. The van der Waals surface area contributed by atoms with Gasteiger partial charge in [-0.15, -0.1) is 0 Å². The van der Waals surface area contributed by atoms with Crippen LogP contribution in [-0.4, -0.2) is 54.1 Å². The van der Waals surface area contributed by atoms with Gasteiger partial charge in [-0.1, -0.05) is 17.7 Å². The third-order valence-corrected chi connectivity index (χ3v) is 3.93. The number of hydrogen-bond acceptors (Lipinski definition) is 4. The Kier molecular flexibility index (Phi) is 6.32. The van der Waals surface area contributed by atoms with Crippen LogP contribution in [0.4, 0.5) is 4.39 Å². The van der Waals surface area contributed by atoms with Crippen LogP contribution >= 0.6 is 11.6 Å². The van der Waals surface area contributed by atoms with Gasteiger partial charge in [0, 0.05) is 26.2 Å². The number of hydrogen-bond donors (Lipinski definition) is 3. The van der Waals surface area contributed by atoms with Crippen molar-refractivity contribution in [1.29, 1.82) is 0 Å². The molecule has 1 fully saturated rings. The average Bonchev–Trinajstić information content (AvgIpc) is 2.52. The number of amides is 2. The number of piperazine rings is 1. The summed E-state index contributed by atoms with van der Waals surface area (Å²) in [5, 5.41) is 14.0. The predicted octanol–water partition coefficient (Wildman–Crippen LogP) is 0.278. The molecule has 1 atom stereocenters. The third-order valence-electron chi connectivity index (χ3n) is 3.62. The number of carbonyl (C=O) groups is 2. The van der Waals surface area contributed by atoms with Gasteiger partial charge in [-0.05, 0) is 17.7 Å². The van der Waals surface area contributed by atoms with Gasteiger partial charge >= 0.3 is 0 Å². The molecule has 1 aliphatic heterocycles. The highest BCUT2D eigenvalue weighted by Gasteiger charge is 2.31. The summed E-state index contributed by atoms with van der Waals surface area (Å²) >= 11 is 5.67. The molecule has 3 N–H and O–H groups in total. The van der Waals surface area contributed by atoms with Crippen LogP contribution in [0.25, 0.3) is 0 Å². The highest BCUT2D eigenvalue weighted by atomic mass is 35.5. The Labute approximate surface area is 138 Å². The fourth-order valence-corrected chi connectivity index (χ4v) is 2.61. The third kappa shape index (κ3) is 4.89. The number of nitrogens with one attached hydrogen (secondary N) is 2. The van der Waals surface area contributed by atoms with E-state index in [2.05, 4.69) is 10.6 Å². The average molecular weight is 344 g/mol. The van der Waals surface area contributed by atoms with Crippen molar-refractivity contribution in [3.05, 3.63) is 34.6 Å². The zero-order chi connectivity index (χ0) is 16.8. The number of benzene rings is 1. The Bertz CT molecular complexity index is 585. The van der Waals surface area contributed by atoms with Crippen LogP contribution in [0.1, 0.15) is 12.0 Å². The van der Waals surface area contributed by atoms with Crippen molar-refractivity contribution in [2.24, 2.45) is 0 Å². The largest absolute Gasteiger partial charge is 0.395 e. The lowest BCUT2D eigenvalue weighted by molar-refractivity contribution is -0.134. The fraction of sp³-hybridized carbons (Fsp3) is 0.467. The van der Waals surface area contributed by atoms with Gasteiger partial charge in [0.2, 0.25) is 11.8 Å². The van der Waals surface area contributed by atoms with Gasteiger partial charge in [-0.2, -0.15) is 0 Å². The molecule has 0 spiro atoms. The monoisotopic (exact) mass is 343 g/mol. The number of rotatable bonds is 6. The van der Waals surface area contributed by atoms with E-state index < -0.39 is 11.9 Å². The molecule has 8 heteroatoms. The van der Waals surface area contributed by atoms with Crippen LogP contribution in [0.3, 0.4) is 0 Å². The Morgan fingerprint density at radius 1 is 1.52 bits per heavy atom. The van der Waals surface area contributed by atoms with Crippen molar-refractivity contribution in [3.8, 4) is 0 Å². The zero-order valence-corrected chi connectivity index (χ0v) is 13.3. The van der Waals surface area contributed by atoms with Crippen molar-refractivity contribution < 1.29 is 19.1 Å². The van der Waals surface area contributed by atoms with Gasteiger partial charge in [-0.3, -0.25) is 14.5 Å². The molecule has 1 aromatic rings. The van der Waals surface area contributed by atoms with E-state index >= 15 is 0 Å².